The predicted molar refractivity (Wildman–Crippen MR) is 88.1 cm³/mol. The third kappa shape index (κ3) is 3.45. The number of methoxy groups -OCH3 is 1. The summed E-state index contributed by atoms with van der Waals surface area (Å²) in [6.45, 7) is 4.57. The van der Waals surface area contributed by atoms with E-state index in [-0.39, 0.29) is 0 Å². The highest BCUT2D eigenvalue weighted by molar-refractivity contribution is 5.40. The van der Waals surface area contributed by atoms with Crippen molar-refractivity contribution in [3.05, 3.63) is 53.5 Å². The second-order valence-electron chi connectivity index (χ2n) is 5.89. The molecule has 1 aliphatic rings. The molecule has 3 rings (SSSR count). The second kappa shape index (κ2) is 6.88. The molecule has 1 aromatic heterocycles. The van der Waals surface area contributed by atoms with E-state index in [4.69, 9.17) is 4.74 Å². The van der Waals surface area contributed by atoms with Crippen molar-refractivity contribution in [2.45, 2.75) is 32.3 Å². The maximum absolute atomic E-state index is 5.16. The lowest BCUT2D eigenvalue weighted by Gasteiger charge is -2.33. The van der Waals surface area contributed by atoms with Crippen LogP contribution in [-0.4, -0.2) is 30.2 Å². The summed E-state index contributed by atoms with van der Waals surface area (Å²) in [5.74, 6) is 2.47. The van der Waals surface area contributed by atoms with Crippen molar-refractivity contribution < 1.29 is 4.74 Å². The third-order valence-electron chi connectivity index (χ3n) is 4.25. The number of nitrogens with zero attached hydrogens (tertiary/aromatic N) is 3. The predicted octanol–water partition coefficient (Wildman–Crippen LogP) is 3.32. The van der Waals surface area contributed by atoms with Crippen LogP contribution in [0.2, 0.25) is 0 Å². The highest BCUT2D eigenvalue weighted by Gasteiger charge is 2.21. The van der Waals surface area contributed by atoms with Gasteiger partial charge >= 0.3 is 0 Å². The van der Waals surface area contributed by atoms with E-state index in [0.29, 0.717) is 12.5 Å². The van der Waals surface area contributed by atoms with Gasteiger partial charge in [0.05, 0.1) is 0 Å². The Morgan fingerprint density at radius 2 is 1.86 bits per heavy atom. The number of piperidine rings is 1. The van der Waals surface area contributed by atoms with Crippen LogP contribution in [0.3, 0.4) is 0 Å². The Balaban J connectivity index is 1.68. The van der Waals surface area contributed by atoms with Crippen LogP contribution >= 0.6 is 0 Å². The van der Waals surface area contributed by atoms with Gasteiger partial charge in [-0.3, -0.25) is 0 Å². The van der Waals surface area contributed by atoms with Crippen LogP contribution < -0.4 is 4.90 Å². The van der Waals surface area contributed by atoms with Crippen molar-refractivity contribution in [3.63, 3.8) is 0 Å². The van der Waals surface area contributed by atoms with Gasteiger partial charge in [-0.25, -0.2) is 9.97 Å². The molecular formula is C18H23N3O. The molecule has 0 N–H and O–H groups in total. The van der Waals surface area contributed by atoms with E-state index >= 15 is 0 Å². The average Bonchev–Trinajstić information content (AvgIpc) is 2.56. The Morgan fingerprint density at radius 3 is 2.55 bits per heavy atom. The normalized spacial score (nSPS) is 16.0. The molecule has 0 saturated carbocycles. The highest BCUT2D eigenvalue weighted by atomic mass is 16.5. The zero-order valence-corrected chi connectivity index (χ0v) is 13.3. The van der Waals surface area contributed by atoms with Crippen LogP contribution in [0, 0.1) is 6.92 Å². The van der Waals surface area contributed by atoms with Crippen molar-refractivity contribution in [2.24, 2.45) is 0 Å². The van der Waals surface area contributed by atoms with Crippen molar-refractivity contribution in [1.82, 2.24) is 9.97 Å². The number of ether oxygens (including phenoxy) is 1. The summed E-state index contributed by atoms with van der Waals surface area (Å²) in [5.41, 5.74) is 2.46. The van der Waals surface area contributed by atoms with Gasteiger partial charge in [0.1, 0.15) is 12.4 Å². The molecule has 0 unspecified atom stereocenters. The SMILES string of the molecule is COCc1nc(C)cc(N2CCC(c3ccccc3)CC2)n1. The van der Waals surface area contributed by atoms with Crippen molar-refractivity contribution in [2.75, 3.05) is 25.1 Å². The second-order valence-corrected chi connectivity index (χ2v) is 5.89. The molecule has 0 radical (unpaired) electrons. The zero-order valence-electron chi connectivity index (χ0n) is 13.3. The Hall–Kier alpha value is -1.94. The summed E-state index contributed by atoms with van der Waals surface area (Å²) in [5, 5.41) is 0. The monoisotopic (exact) mass is 297 g/mol. The molecule has 2 aromatic rings. The van der Waals surface area contributed by atoms with Gasteiger partial charge < -0.3 is 9.64 Å². The number of hydrogen-bond donors (Lipinski definition) is 0. The summed E-state index contributed by atoms with van der Waals surface area (Å²) >= 11 is 0. The fraction of sp³-hybridized carbons (Fsp3) is 0.444. The van der Waals surface area contributed by atoms with Crippen LogP contribution in [-0.2, 0) is 11.3 Å². The molecule has 116 valence electrons. The lowest BCUT2D eigenvalue weighted by Crippen LogP contribution is -2.33. The van der Waals surface area contributed by atoms with Crippen molar-refractivity contribution >= 4 is 5.82 Å². The topological polar surface area (TPSA) is 38.2 Å². The molecule has 0 atom stereocenters. The molecule has 1 fully saturated rings. The fourth-order valence-corrected chi connectivity index (χ4v) is 3.13. The summed E-state index contributed by atoms with van der Waals surface area (Å²) < 4.78 is 5.16. The summed E-state index contributed by atoms with van der Waals surface area (Å²) in [4.78, 5) is 11.4. The van der Waals surface area contributed by atoms with E-state index in [1.54, 1.807) is 7.11 Å². The number of anilines is 1. The van der Waals surface area contributed by atoms with Crippen molar-refractivity contribution in [3.8, 4) is 0 Å². The zero-order chi connectivity index (χ0) is 15.4. The minimum absolute atomic E-state index is 0.467. The largest absolute Gasteiger partial charge is 0.377 e. The first-order valence-electron chi connectivity index (χ1n) is 7.89. The number of rotatable bonds is 4. The van der Waals surface area contributed by atoms with E-state index in [0.717, 1.165) is 30.4 Å². The minimum Gasteiger partial charge on any atom is -0.377 e. The summed E-state index contributed by atoms with van der Waals surface area (Å²) in [6, 6.07) is 12.9. The van der Waals surface area contributed by atoms with Gasteiger partial charge in [-0.2, -0.15) is 0 Å². The Labute approximate surface area is 132 Å². The van der Waals surface area contributed by atoms with Gasteiger partial charge in [-0.05, 0) is 31.2 Å². The number of aromatic nitrogens is 2. The molecule has 1 saturated heterocycles. The van der Waals surface area contributed by atoms with Crippen LogP contribution in [0.4, 0.5) is 5.82 Å². The first kappa shape index (κ1) is 15.0. The molecular weight excluding hydrogens is 274 g/mol. The molecule has 0 amide bonds. The lowest BCUT2D eigenvalue weighted by molar-refractivity contribution is 0.177. The van der Waals surface area contributed by atoms with Gasteiger partial charge in [0, 0.05) is 32.0 Å². The van der Waals surface area contributed by atoms with Gasteiger partial charge in [0.15, 0.2) is 5.82 Å². The number of aryl methyl sites for hydroxylation is 1. The molecule has 0 spiro atoms. The average molecular weight is 297 g/mol. The smallest absolute Gasteiger partial charge is 0.156 e. The quantitative estimate of drug-likeness (QED) is 0.868. The van der Waals surface area contributed by atoms with Crippen molar-refractivity contribution in [1.29, 1.82) is 0 Å². The molecule has 4 heteroatoms. The van der Waals surface area contributed by atoms with E-state index in [9.17, 15) is 0 Å². The minimum atomic E-state index is 0.467. The Morgan fingerprint density at radius 1 is 1.14 bits per heavy atom. The molecule has 0 aliphatic carbocycles. The first-order chi connectivity index (χ1) is 10.8. The van der Waals surface area contributed by atoms with Crippen LogP contribution in [0.25, 0.3) is 0 Å². The molecule has 1 aliphatic heterocycles. The van der Waals surface area contributed by atoms with Gasteiger partial charge in [-0.15, -0.1) is 0 Å². The third-order valence-corrected chi connectivity index (χ3v) is 4.25. The van der Waals surface area contributed by atoms with Gasteiger partial charge in [0.2, 0.25) is 0 Å². The molecule has 2 heterocycles. The number of benzene rings is 1. The maximum atomic E-state index is 5.16. The molecule has 22 heavy (non-hydrogen) atoms. The van der Waals surface area contributed by atoms with Gasteiger partial charge in [0.25, 0.3) is 0 Å². The van der Waals surface area contributed by atoms with E-state index in [2.05, 4.69) is 51.3 Å². The van der Waals surface area contributed by atoms with E-state index < -0.39 is 0 Å². The Kier molecular flexibility index (Phi) is 4.68. The van der Waals surface area contributed by atoms with E-state index in [1.165, 1.54) is 18.4 Å². The van der Waals surface area contributed by atoms with Crippen LogP contribution in [0.15, 0.2) is 36.4 Å². The van der Waals surface area contributed by atoms with E-state index in [1.807, 2.05) is 6.92 Å². The standard InChI is InChI=1S/C18H23N3O/c1-14-12-18(20-17(19-14)13-22-2)21-10-8-16(9-11-21)15-6-4-3-5-7-15/h3-7,12,16H,8-11,13H2,1-2H3. The molecule has 4 nitrogen and oxygen atoms in total. The molecule has 1 aromatic carbocycles. The highest BCUT2D eigenvalue weighted by Crippen LogP contribution is 2.29. The summed E-state index contributed by atoms with van der Waals surface area (Å²) in [7, 11) is 1.68. The molecule has 0 bridgehead atoms. The van der Waals surface area contributed by atoms with Gasteiger partial charge in [-0.1, -0.05) is 30.3 Å². The van der Waals surface area contributed by atoms with Crippen LogP contribution in [0.5, 0.6) is 0 Å². The lowest BCUT2D eigenvalue weighted by atomic mass is 9.89. The summed E-state index contributed by atoms with van der Waals surface area (Å²) in [6.07, 6.45) is 2.35. The first-order valence-corrected chi connectivity index (χ1v) is 7.89. The number of hydrogen-bond acceptors (Lipinski definition) is 4. The maximum Gasteiger partial charge on any atom is 0.156 e. The fourth-order valence-electron chi connectivity index (χ4n) is 3.13. The van der Waals surface area contributed by atoms with Crippen LogP contribution in [0.1, 0.15) is 35.8 Å². The Bertz CT molecular complexity index is 607.